The molecule has 0 aliphatic rings. The lowest BCUT2D eigenvalue weighted by molar-refractivity contribution is 0.0996. The number of nitrogens with zero attached hydrogens (tertiary/aromatic N) is 2. The molecule has 0 saturated carbocycles. The van der Waals surface area contributed by atoms with Crippen LogP contribution in [0.5, 0.6) is 0 Å². The number of hydrogen-bond acceptors (Lipinski definition) is 3. The van der Waals surface area contributed by atoms with Gasteiger partial charge in [-0.1, -0.05) is 0 Å². The molecule has 0 atom stereocenters. The molecule has 2 N–H and O–H groups in total. The Morgan fingerprint density at radius 1 is 1.29 bits per heavy atom. The second-order valence-corrected chi connectivity index (χ2v) is 2.63. The minimum atomic E-state index is -0.515. The number of hydrogen-bond donors (Lipinski definition) is 1. The van der Waals surface area contributed by atoms with Gasteiger partial charge in [0.1, 0.15) is 5.69 Å². The summed E-state index contributed by atoms with van der Waals surface area (Å²) in [5.74, 6) is -0.515. The molecule has 0 radical (unpaired) electrons. The van der Waals surface area contributed by atoms with Gasteiger partial charge in [-0.25, -0.2) is 4.98 Å². The van der Waals surface area contributed by atoms with Crippen molar-refractivity contribution in [2.75, 3.05) is 0 Å². The van der Waals surface area contributed by atoms with Gasteiger partial charge in [-0.3, -0.25) is 9.78 Å². The zero-order valence-electron chi connectivity index (χ0n) is 7.18. The Morgan fingerprint density at radius 2 is 2.07 bits per heavy atom. The number of fused-ring (bicyclic) bond motifs is 1. The van der Waals surface area contributed by atoms with E-state index >= 15 is 0 Å². The molecule has 2 aromatic rings. The first-order valence-corrected chi connectivity index (χ1v) is 3.78. The van der Waals surface area contributed by atoms with Crippen molar-refractivity contribution in [2.45, 2.75) is 0 Å². The highest BCUT2D eigenvalue weighted by Crippen LogP contribution is 2.09. The standard InChI is InChI=1S/C9H7N3O.ClH/c10-9(13)8-2-1-6-5-11-4-3-7(6)12-8;/h1-5H,(H2,10,13);1H. The van der Waals surface area contributed by atoms with E-state index in [9.17, 15) is 4.79 Å². The fourth-order valence-electron chi connectivity index (χ4n) is 1.10. The van der Waals surface area contributed by atoms with Gasteiger partial charge in [0.2, 0.25) is 0 Å². The van der Waals surface area contributed by atoms with E-state index in [0.717, 1.165) is 10.9 Å². The highest BCUT2D eigenvalue weighted by atomic mass is 35.5. The van der Waals surface area contributed by atoms with Crippen LogP contribution >= 0.6 is 12.4 Å². The maximum absolute atomic E-state index is 10.8. The van der Waals surface area contributed by atoms with Crippen LogP contribution in [-0.4, -0.2) is 15.9 Å². The van der Waals surface area contributed by atoms with Gasteiger partial charge >= 0.3 is 0 Å². The first-order chi connectivity index (χ1) is 6.27. The molecule has 2 heterocycles. The number of primary amides is 1. The van der Waals surface area contributed by atoms with Crippen LogP contribution < -0.4 is 5.73 Å². The number of halogens is 1. The van der Waals surface area contributed by atoms with Gasteiger partial charge in [-0.05, 0) is 18.2 Å². The van der Waals surface area contributed by atoms with Crippen LogP contribution in [0.2, 0.25) is 0 Å². The minimum absolute atomic E-state index is 0. The van der Waals surface area contributed by atoms with E-state index in [0.29, 0.717) is 0 Å². The summed E-state index contributed by atoms with van der Waals surface area (Å²) in [6.45, 7) is 0. The molecule has 0 spiro atoms. The average Bonchev–Trinajstić information content (AvgIpc) is 2.17. The summed E-state index contributed by atoms with van der Waals surface area (Å²) in [7, 11) is 0. The number of carbonyl (C=O) groups is 1. The third-order valence-electron chi connectivity index (χ3n) is 1.74. The van der Waals surface area contributed by atoms with Crippen molar-refractivity contribution in [3.8, 4) is 0 Å². The summed E-state index contributed by atoms with van der Waals surface area (Å²) >= 11 is 0. The van der Waals surface area contributed by atoms with Crippen molar-refractivity contribution in [1.29, 1.82) is 0 Å². The fraction of sp³-hybridized carbons (Fsp3) is 0. The van der Waals surface area contributed by atoms with Crippen LogP contribution in [-0.2, 0) is 0 Å². The molecule has 0 bridgehead atoms. The van der Waals surface area contributed by atoms with Crippen molar-refractivity contribution < 1.29 is 4.79 Å². The Hall–Kier alpha value is -1.68. The molecule has 5 heteroatoms. The maximum Gasteiger partial charge on any atom is 0.267 e. The molecule has 4 nitrogen and oxygen atoms in total. The number of nitrogens with two attached hydrogens (primary N) is 1. The first-order valence-electron chi connectivity index (χ1n) is 3.78. The SMILES string of the molecule is Cl.NC(=O)c1ccc2cnccc2n1. The van der Waals surface area contributed by atoms with Gasteiger partial charge in [-0.2, -0.15) is 0 Å². The van der Waals surface area contributed by atoms with E-state index in [1.54, 1.807) is 30.6 Å². The van der Waals surface area contributed by atoms with Gasteiger partial charge in [-0.15, -0.1) is 12.4 Å². The van der Waals surface area contributed by atoms with Gasteiger partial charge in [0, 0.05) is 17.8 Å². The zero-order chi connectivity index (χ0) is 9.26. The van der Waals surface area contributed by atoms with Crippen LogP contribution in [0.25, 0.3) is 10.9 Å². The summed E-state index contributed by atoms with van der Waals surface area (Å²) in [4.78, 5) is 18.8. The highest BCUT2D eigenvalue weighted by molar-refractivity contribution is 5.93. The van der Waals surface area contributed by atoms with Crippen LogP contribution in [0.15, 0.2) is 30.6 Å². The first kappa shape index (κ1) is 10.4. The van der Waals surface area contributed by atoms with E-state index in [-0.39, 0.29) is 18.1 Å². The monoisotopic (exact) mass is 209 g/mol. The summed E-state index contributed by atoms with van der Waals surface area (Å²) in [6.07, 6.45) is 3.31. The van der Waals surface area contributed by atoms with Crippen LogP contribution in [0.4, 0.5) is 0 Å². The molecular weight excluding hydrogens is 202 g/mol. The van der Waals surface area contributed by atoms with Crippen LogP contribution in [0.3, 0.4) is 0 Å². The van der Waals surface area contributed by atoms with E-state index < -0.39 is 5.91 Å². The largest absolute Gasteiger partial charge is 0.364 e. The minimum Gasteiger partial charge on any atom is -0.364 e. The Kier molecular flexibility index (Phi) is 2.99. The molecule has 14 heavy (non-hydrogen) atoms. The lowest BCUT2D eigenvalue weighted by Gasteiger charge is -1.97. The van der Waals surface area contributed by atoms with Crippen molar-refractivity contribution in [3.63, 3.8) is 0 Å². The van der Waals surface area contributed by atoms with E-state index in [1.165, 1.54) is 0 Å². The molecular formula is C9H8ClN3O. The molecule has 0 aromatic carbocycles. The quantitative estimate of drug-likeness (QED) is 0.766. The second kappa shape index (κ2) is 4.02. The third kappa shape index (κ3) is 1.80. The predicted octanol–water partition coefficient (Wildman–Crippen LogP) is 1.15. The summed E-state index contributed by atoms with van der Waals surface area (Å²) in [5.41, 5.74) is 6.09. The summed E-state index contributed by atoms with van der Waals surface area (Å²) in [6, 6.07) is 5.10. The van der Waals surface area contributed by atoms with E-state index in [2.05, 4.69) is 9.97 Å². The third-order valence-corrected chi connectivity index (χ3v) is 1.74. The number of amides is 1. The Bertz CT molecular complexity index is 472. The highest BCUT2D eigenvalue weighted by Gasteiger charge is 2.02. The smallest absolute Gasteiger partial charge is 0.267 e. The van der Waals surface area contributed by atoms with E-state index in [1.807, 2.05) is 0 Å². The summed E-state index contributed by atoms with van der Waals surface area (Å²) < 4.78 is 0. The zero-order valence-corrected chi connectivity index (χ0v) is 7.99. The Balaban J connectivity index is 0.000000980. The maximum atomic E-state index is 10.8. The lowest BCUT2D eigenvalue weighted by atomic mass is 10.2. The van der Waals surface area contributed by atoms with Gasteiger partial charge in [0.15, 0.2) is 0 Å². The molecule has 0 aliphatic carbocycles. The molecule has 0 fully saturated rings. The number of rotatable bonds is 1. The predicted molar refractivity (Wildman–Crippen MR) is 55.3 cm³/mol. The van der Waals surface area contributed by atoms with Crippen molar-refractivity contribution in [3.05, 3.63) is 36.3 Å². The van der Waals surface area contributed by atoms with Gasteiger partial charge < -0.3 is 5.73 Å². The Morgan fingerprint density at radius 3 is 2.79 bits per heavy atom. The molecule has 0 saturated heterocycles. The van der Waals surface area contributed by atoms with Crippen LogP contribution in [0, 0.1) is 0 Å². The van der Waals surface area contributed by atoms with Crippen molar-refractivity contribution in [1.82, 2.24) is 9.97 Å². The second-order valence-electron chi connectivity index (χ2n) is 2.63. The number of pyridine rings is 2. The Labute approximate surface area is 86.6 Å². The normalized spacial score (nSPS) is 9.43. The molecule has 72 valence electrons. The number of carbonyl (C=O) groups excluding carboxylic acids is 1. The topological polar surface area (TPSA) is 68.9 Å². The molecule has 0 aliphatic heterocycles. The molecule has 2 rings (SSSR count). The molecule has 2 aromatic heterocycles. The molecule has 0 unspecified atom stereocenters. The van der Waals surface area contributed by atoms with Crippen molar-refractivity contribution in [2.24, 2.45) is 5.73 Å². The lowest BCUT2D eigenvalue weighted by Crippen LogP contribution is -2.12. The van der Waals surface area contributed by atoms with Crippen molar-refractivity contribution >= 4 is 29.2 Å². The van der Waals surface area contributed by atoms with Crippen LogP contribution in [0.1, 0.15) is 10.5 Å². The number of aromatic nitrogens is 2. The van der Waals surface area contributed by atoms with Gasteiger partial charge in [0.25, 0.3) is 5.91 Å². The molecule has 1 amide bonds. The summed E-state index contributed by atoms with van der Waals surface area (Å²) in [5, 5.41) is 0.896. The average molecular weight is 210 g/mol. The fourth-order valence-corrected chi connectivity index (χ4v) is 1.10. The van der Waals surface area contributed by atoms with E-state index in [4.69, 9.17) is 5.73 Å². The van der Waals surface area contributed by atoms with Gasteiger partial charge in [0.05, 0.1) is 5.52 Å².